The first-order chi connectivity index (χ1) is 15.0. The quantitative estimate of drug-likeness (QED) is 0.610. The molecule has 0 radical (unpaired) electrons. The van der Waals surface area contributed by atoms with E-state index in [1.807, 2.05) is 18.2 Å². The van der Waals surface area contributed by atoms with E-state index in [2.05, 4.69) is 15.8 Å². The van der Waals surface area contributed by atoms with Crippen molar-refractivity contribution < 1.29 is 9.18 Å². The van der Waals surface area contributed by atoms with Crippen LogP contribution in [0, 0.1) is 5.82 Å². The fourth-order valence-corrected chi connectivity index (χ4v) is 3.96. The van der Waals surface area contributed by atoms with Gasteiger partial charge in [0.05, 0.1) is 17.2 Å². The molecule has 2 atom stereocenters. The van der Waals surface area contributed by atoms with Crippen LogP contribution in [0.1, 0.15) is 30.9 Å². The Morgan fingerprint density at radius 1 is 1.19 bits per heavy atom. The van der Waals surface area contributed by atoms with E-state index < -0.39 is 0 Å². The lowest BCUT2D eigenvalue weighted by Crippen LogP contribution is -2.35. The van der Waals surface area contributed by atoms with Crippen molar-refractivity contribution >= 4 is 16.9 Å². The van der Waals surface area contributed by atoms with E-state index in [0.717, 1.165) is 24.8 Å². The molecular weight excluding hydrogens is 397 g/mol. The average Bonchev–Trinajstić information content (AvgIpc) is 3.25. The van der Waals surface area contributed by atoms with Gasteiger partial charge in [-0.3, -0.25) is 25.0 Å². The number of halogens is 1. The Labute approximate surface area is 179 Å². The predicted molar refractivity (Wildman–Crippen MR) is 117 cm³/mol. The van der Waals surface area contributed by atoms with Crippen molar-refractivity contribution in [2.45, 2.75) is 37.9 Å². The van der Waals surface area contributed by atoms with Gasteiger partial charge >= 0.3 is 0 Å². The van der Waals surface area contributed by atoms with Crippen LogP contribution in [0.4, 0.5) is 4.39 Å². The van der Waals surface area contributed by atoms with E-state index in [-0.39, 0.29) is 35.9 Å². The molecule has 1 amide bonds. The van der Waals surface area contributed by atoms with Crippen LogP contribution < -0.4 is 16.4 Å². The molecule has 0 bridgehead atoms. The largest absolute Gasteiger partial charge is 0.344 e. The van der Waals surface area contributed by atoms with Crippen LogP contribution in [0.5, 0.6) is 0 Å². The highest BCUT2D eigenvalue weighted by atomic mass is 19.1. The molecule has 1 aromatic heterocycles. The molecule has 4 rings (SSSR count). The van der Waals surface area contributed by atoms with Crippen molar-refractivity contribution in [3.8, 4) is 0 Å². The van der Waals surface area contributed by atoms with Crippen LogP contribution in [-0.4, -0.2) is 40.0 Å². The number of fused-ring (bicyclic) bond motifs is 1. The van der Waals surface area contributed by atoms with E-state index in [4.69, 9.17) is 0 Å². The minimum Gasteiger partial charge on any atom is -0.344 e. The van der Waals surface area contributed by atoms with E-state index in [1.165, 1.54) is 22.9 Å². The number of rotatable bonds is 7. The zero-order chi connectivity index (χ0) is 21.8. The average molecular weight is 423 g/mol. The van der Waals surface area contributed by atoms with Crippen LogP contribution in [0.25, 0.3) is 11.0 Å². The number of benzene rings is 2. The summed E-state index contributed by atoms with van der Waals surface area (Å²) in [5.41, 5.74) is 8.67. The van der Waals surface area contributed by atoms with Crippen LogP contribution in [-0.2, 0) is 11.3 Å². The molecule has 2 N–H and O–H groups in total. The Morgan fingerprint density at radius 2 is 1.97 bits per heavy atom. The van der Waals surface area contributed by atoms with Crippen LogP contribution in [0.2, 0.25) is 0 Å². The lowest BCUT2D eigenvalue weighted by molar-refractivity contribution is -0.130. The summed E-state index contributed by atoms with van der Waals surface area (Å²) in [6.07, 6.45) is 3.90. The van der Waals surface area contributed by atoms with Gasteiger partial charge < -0.3 is 4.90 Å². The molecule has 2 heterocycles. The maximum atomic E-state index is 13.1. The molecule has 3 aromatic rings. The number of para-hydroxylation sites is 2. The molecule has 0 aliphatic carbocycles. The zero-order valence-electron chi connectivity index (χ0n) is 17.4. The smallest absolute Gasteiger partial charge is 0.269 e. The molecule has 162 valence electrons. The van der Waals surface area contributed by atoms with E-state index in [0.29, 0.717) is 17.6 Å². The number of hydrogen-bond acceptors (Lipinski definition) is 5. The third-order valence-electron chi connectivity index (χ3n) is 5.77. The third-order valence-corrected chi connectivity index (χ3v) is 5.77. The minimum atomic E-state index is -0.284. The van der Waals surface area contributed by atoms with Crippen molar-refractivity contribution in [3.05, 3.63) is 76.5 Å². The molecule has 1 aliphatic heterocycles. The summed E-state index contributed by atoms with van der Waals surface area (Å²) in [5.74, 6) is -0.346. The Hall–Kier alpha value is -3.10. The second kappa shape index (κ2) is 9.36. The molecule has 7 nitrogen and oxygen atoms in total. The maximum absolute atomic E-state index is 13.1. The van der Waals surface area contributed by atoms with Gasteiger partial charge in [-0.15, -0.1) is 0 Å². The van der Waals surface area contributed by atoms with Crippen LogP contribution >= 0.6 is 0 Å². The molecule has 31 heavy (non-hydrogen) atoms. The summed E-state index contributed by atoms with van der Waals surface area (Å²) in [6, 6.07) is 14.3. The van der Waals surface area contributed by atoms with Crippen LogP contribution in [0.15, 0.2) is 59.5 Å². The normalized spacial score (nSPS) is 18.4. The molecule has 1 aliphatic rings. The van der Waals surface area contributed by atoms with Gasteiger partial charge in [0, 0.05) is 25.7 Å². The first kappa shape index (κ1) is 21.1. The van der Waals surface area contributed by atoms with Gasteiger partial charge in [-0.05, 0) is 49.1 Å². The monoisotopic (exact) mass is 423 g/mol. The molecule has 1 saturated heterocycles. The highest BCUT2D eigenvalue weighted by Crippen LogP contribution is 2.24. The lowest BCUT2D eigenvalue weighted by Gasteiger charge is -2.19. The summed E-state index contributed by atoms with van der Waals surface area (Å²) < 4.78 is 14.6. The van der Waals surface area contributed by atoms with Crippen molar-refractivity contribution in [2.24, 2.45) is 0 Å². The summed E-state index contributed by atoms with van der Waals surface area (Å²) in [5, 5.41) is 0. The first-order valence-electron chi connectivity index (χ1n) is 10.5. The first-order valence-corrected chi connectivity index (χ1v) is 10.5. The predicted octanol–water partition coefficient (Wildman–Crippen LogP) is 2.38. The molecule has 1 fully saturated rings. The van der Waals surface area contributed by atoms with Crippen molar-refractivity contribution in [1.29, 1.82) is 0 Å². The van der Waals surface area contributed by atoms with E-state index in [1.54, 1.807) is 30.1 Å². The van der Waals surface area contributed by atoms with Crippen LogP contribution in [0.3, 0.4) is 0 Å². The van der Waals surface area contributed by atoms with Crippen molar-refractivity contribution in [2.75, 3.05) is 13.6 Å². The lowest BCUT2D eigenvalue weighted by atomic mass is 9.99. The third kappa shape index (κ3) is 4.98. The number of nitrogens with zero attached hydrogens (tertiary/aromatic N) is 3. The zero-order valence-corrected chi connectivity index (χ0v) is 17.4. The highest BCUT2D eigenvalue weighted by Gasteiger charge is 2.24. The topological polar surface area (TPSA) is 79.3 Å². The van der Waals surface area contributed by atoms with Crippen molar-refractivity contribution in [3.63, 3.8) is 0 Å². The van der Waals surface area contributed by atoms with Gasteiger partial charge in [0.25, 0.3) is 5.56 Å². The van der Waals surface area contributed by atoms with Gasteiger partial charge in [0.15, 0.2) is 0 Å². The van der Waals surface area contributed by atoms with Gasteiger partial charge in [-0.1, -0.05) is 24.3 Å². The number of carbonyl (C=O) groups is 1. The fraction of sp³-hybridized carbons (Fsp3) is 0.348. The molecular formula is C23H26FN5O2. The van der Waals surface area contributed by atoms with Gasteiger partial charge in [-0.2, -0.15) is 0 Å². The number of carbonyl (C=O) groups excluding carboxylic acids is 1. The Bertz CT molecular complexity index is 1110. The standard InChI is InChI=1S/C23H26FN5O2/c1-28(23(31)15-29-21-7-3-2-6-19(21)25-14-22(29)30)12-4-5-18-13-20(27-26-18)16-8-10-17(24)11-9-16/h2-3,6-11,14,18,20,26-27H,4-5,12-13,15H2,1H3. The van der Waals surface area contributed by atoms with E-state index in [9.17, 15) is 14.0 Å². The summed E-state index contributed by atoms with van der Waals surface area (Å²) in [7, 11) is 1.76. The Balaban J connectivity index is 1.27. The molecule has 0 saturated carbocycles. The SMILES string of the molecule is CN(CCCC1CC(c2ccc(F)cc2)NN1)C(=O)Cn1c(=O)cnc2ccccc21. The molecule has 2 unspecified atom stereocenters. The van der Waals surface area contributed by atoms with E-state index >= 15 is 0 Å². The summed E-state index contributed by atoms with van der Waals surface area (Å²) >= 11 is 0. The molecule has 0 spiro atoms. The second-order valence-electron chi connectivity index (χ2n) is 7.95. The number of nitrogens with one attached hydrogen (secondary N) is 2. The highest BCUT2D eigenvalue weighted by molar-refractivity contribution is 5.79. The Morgan fingerprint density at radius 3 is 2.77 bits per heavy atom. The van der Waals surface area contributed by atoms with Gasteiger partial charge in [-0.25, -0.2) is 9.37 Å². The number of hydrazine groups is 1. The summed E-state index contributed by atoms with van der Waals surface area (Å²) in [4.78, 5) is 30.7. The van der Waals surface area contributed by atoms with Gasteiger partial charge in [0.1, 0.15) is 12.4 Å². The van der Waals surface area contributed by atoms with Crippen molar-refractivity contribution in [1.82, 2.24) is 25.3 Å². The second-order valence-corrected chi connectivity index (χ2v) is 7.95. The number of likely N-dealkylation sites (N-methyl/N-ethyl adjacent to an activating group) is 1. The van der Waals surface area contributed by atoms with Gasteiger partial charge in [0.2, 0.25) is 5.91 Å². The number of aromatic nitrogens is 2. The maximum Gasteiger partial charge on any atom is 0.269 e. The minimum absolute atomic E-state index is 0.00571. The number of hydrogen-bond donors (Lipinski definition) is 2. The number of amides is 1. The fourth-order valence-electron chi connectivity index (χ4n) is 3.96. The Kier molecular flexibility index (Phi) is 6.39. The molecule has 8 heteroatoms. The molecule has 2 aromatic carbocycles. The summed E-state index contributed by atoms with van der Waals surface area (Å²) in [6.45, 7) is 0.601.